The molecule has 7 heteroatoms. The molecule has 3 N–H and O–H groups in total. The minimum atomic E-state index is -0.505. The summed E-state index contributed by atoms with van der Waals surface area (Å²) in [6, 6.07) is 16.4. The zero-order chi connectivity index (χ0) is 20.4. The maximum atomic E-state index is 12.1. The van der Waals surface area contributed by atoms with Gasteiger partial charge >= 0.3 is 0 Å². The summed E-state index contributed by atoms with van der Waals surface area (Å²) in [6.07, 6.45) is 0.194. The van der Waals surface area contributed by atoms with Crippen LogP contribution in [-0.4, -0.2) is 37.4 Å². The van der Waals surface area contributed by atoms with Gasteiger partial charge in [0.25, 0.3) is 11.8 Å². The Balaban J connectivity index is 1.74. The molecule has 28 heavy (non-hydrogen) atoms. The summed E-state index contributed by atoms with van der Waals surface area (Å²) in [7, 11) is 0. The Bertz CT molecular complexity index is 787. The number of hydrogen-bond donors (Lipinski definition) is 3. The molecule has 7 nitrogen and oxygen atoms in total. The van der Waals surface area contributed by atoms with E-state index in [9.17, 15) is 14.4 Å². The first-order chi connectivity index (χ1) is 13.5. The van der Waals surface area contributed by atoms with E-state index in [2.05, 4.69) is 34.9 Å². The van der Waals surface area contributed by atoms with Crippen molar-refractivity contribution in [2.45, 2.75) is 20.3 Å². The molecule has 2 rings (SSSR count). The first kappa shape index (κ1) is 21.0. The van der Waals surface area contributed by atoms with E-state index >= 15 is 0 Å². The van der Waals surface area contributed by atoms with Gasteiger partial charge in [-0.15, -0.1) is 0 Å². The molecule has 0 aromatic heterocycles. The number of hydrogen-bond acceptors (Lipinski definition) is 4. The number of carbonyl (C=O) groups is 3. The Morgan fingerprint density at radius 2 is 1.46 bits per heavy atom. The Morgan fingerprint density at radius 1 is 0.821 bits per heavy atom. The number of rotatable bonds is 8. The maximum absolute atomic E-state index is 12.1. The number of amides is 3. The monoisotopic (exact) mass is 382 g/mol. The van der Waals surface area contributed by atoms with Crippen molar-refractivity contribution in [1.29, 1.82) is 0 Å². The van der Waals surface area contributed by atoms with Gasteiger partial charge in [-0.1, -0.05) is 30.3 Å². The fourth-order valence-electron chi connectivity index (χ4n) is 2.68. The molecule has 148 valence electrons. The molecule has 2 aromatic carbocycles. The molecule has 0 fully saturated rings. The number of benzene rings is 2. The van der Waals surface area contributed by atoms with Gasteiger partial charge in [0.15, 0.2) is 0 Å². The molecule has 0 aliphatic heterocycles. The van der Waals surface area contributed by atoms with Gasteiger partial charge in [-0.25, -0.2) is 0 Å². The summed E-state index contributed by atoms with van der Waals surface area (Å²) < 4.78 is 0. The smallest absolute Gasteiger partial charge is 0.269 e. The topological polar surface area (TPSA) is 90.5 Å². The second kappa shape index (κ2) is 10.7. The van der Waals surface area contributed by atoms with Crippen LogP contribution in [-0.2, 0) is 16.0 Å². The number of anilines is 1. The SMILES string of the molecule is CCN(CC)c1ccc(C(=O)NNC(=O)CNC(=O)Cc2ccccc2)cc1. The molecule has 0 spiro atoms. The highest BCUT2D eigenvalue weighted by Crippen LogP contribution is 2.14. The minimum absolute atomic E-state index is 0.194. The molecular weight excluding hydrogens is 356 g/mol. The lowest BCUT2D eigenvalue weighted by atomic mass is 10.1. The summed E-state index contributed by atoms with van der Waals surface area (Å²) in [5, 5.41) is 2.52. The summed E-state index contributed by atoms with van der Waals surface area (Å²) >= 11 is 0. The molecule has 0 saturated heterocycles. The van der Waals surface area contributed by atoms with E-state index < -0.39 is 11.8 Å². The quantitative estimate of drug-likeness (QED) is 0.606. The Labute approximate surface area is 165 Å². The first-order valence-electron chi connectivity index (χ1n) is 9.28. The molecule has 2 aromatic rings. The third-order valence-corrected chi connectivity index (χ3v) is 4.23. The number of hydrazine groups is 1. The van der Waals surface area contributed by atoms with Crippen molar-refractivity contribution >= 4 is 23.4 Å². The average molecular weight is 382 g/mol. The van der Waals surface area contributed by atoms with E-state index in [1.807, 2.05) is 42.5 Å². The van der Waals surface area contributed by atoms with Gasteiger partial charge in [0.1, 0.15) is 0 Å². The van der Waals surface area contributed by atoms with Crippen LogP contribution in [0.3, 0.4) is 0 Å². The average Bonchev–Trinajstić information content (AvgIpc) is 2.72. The van der Waals surface area contributed by atoms with Gasteiger partial charge in [0, 0.05) is 24.3 Å². The minimum Gasteiger partial charge on any atom is -0.372 e. The second-order valence-corrected chi connectivity index (χ2v) is 6.16. The predicted octanol–water partition coefficient (Wildman–Crippen LogP) is 1.65. The zero-order valence-corrected chi connectivity index (χ0v) is 16.2. The number of nitrogens with zero attached hydrogens (tertiary/aromatic N) is 1. The summed E-state index contributed by atoms with van der Waals surface area (Å²) in [5.41, 5.74) is 6.97. The fraction of sp³-hybridized carbons (Fsp3) is 0.286. The fourth-order valence-corrected chi connectivity index (χ4v) is 2.68. The summed E-state index contributed by atoms with van der Waals surface area (Å²) in [4.78, 5) is 37.9. The third-order valence-electron chi connectivity index (χ3n) is 4.23. The number of nitrogens with one attached hydrogen (secondary N) is 3. The van der Waals surface area contributed by atoms with Crippen LogP contribution in [0.25, 0.3) is 0 Å². The standard InChI is InChI=1S/C21H26N4O3/c1-3-25(4-2)18-12-10-17(11-13-18)21(28)24-23-20(27)15-22-19(26)14-16-8-6-5-7-9-16/h5-13H,3-4,14-15H2,1-2H3,(H,22,26)(H,23,27)(H,24,28). The lowest BCUT2D eigenvalue weighted by Crippen LogP contribution is -2.46. The van der Waals surface area contributed by atoms with Crippen molar-refractivity contribution < 1.29 is 14.4 Å². The van der Waals surface area contributed by atoms with Crippen LogP contribution in [0.2, 0.25) is 0 Å². The van der Waals surface area contributed by atoms with Gasteiger partial charge in [-0.05, 0) is 43.7 Å². The van der Waals surface area contributed by atoms with E-state index in [0.717, 1.165) is 24.3 Å². The Morgan fingerprint density at radius 3 is 2.07 bits per heavy atom. The Hall–Kier alpha value is -3.35. The van der Waals surface area contributed by atoms with Gasteiger partial charge in [0.2, 0.25) is 5.91 Å². The molecule has 0 atom stereocenters. The molecule has 0 saturated carbocycles. The highest BCUT2D eigenvalue weighted by atomic mass is 16.2. The summed E-state index contributed by atoms with van der Waals surface area (Å²) in [6.45, 7) is 5.69. The van der Waals surface area contributed by atoms with Crippen molar-refractivity contribution in [2.75, 3.05) is 24.5 Å². The summed E-state index contributed by atoms with van der Waals surface area (Å²) in [5.74, 6) is -1.19. The van der Waals surface area contributed by atoms with E-state index in [4.69, 9.17) is 0 Å². The molecule has 0 aliphatic rings. The first-order valence-corrected chi connectivity index (χ1v) is 9.28. The van der Waals surface area contributed by atoms with Crippen molar-refractivity contribution in [3.63, 3.8) is 0 Å². The highest BCUT2D eigenvalue weighted by Gasteiger charge is 2.10. The van der Waals surface area contributed by atoms with Gasteiger partial charge in [-0.3, -0.25) is 25.2 Å². The van der Waals surface area contributed by atoms with Gasteiger partial charge in [-0.2, -0.15) is 0 Å². The van der Waals surface area contributed by atoms with Crippen LogP contribution < -0.4 is 21.1 Å². The van der Waals surface area contributed by atoms with Crippen LogP contribution in [0.1, 0.15) is 29.8 Å². The van der Waals surface area contributed by atoms with Crippen LogP contribution >= 0.6 is 0 Å². The van der Waals surface area contributed by atoms with E-state index in [-0.39, 0.29) is 18.9 Å². The molecule has 0 bridgehead atoms. The second-order valence-electron chi connectivity index (χ2n) is 6.16. The highest BCUT2D eigenvalue weighted by molar-refractivity contribution is 5.96. The van der Waals surface area contributed by atoms with Crippen molar-refractivity contribution in [3.8, 4) is 0 Å². The van der Waals surface area contributed by atoms with E-state index in [1.165, 1.54) is 0 Å². The van der Waals surface area contributed by atoms with E-state index in [0.29, 0.717) is 5.56 Å². The van der Waals surface area contributed by atoms with Crippen LogP contribution in [0.5, 0.6) is 0 Å². The zero-order valence-electron chi connectivity index (χ0n) is 16.2. The predicted molar refractivity (Wildman–Crippen MR) is 109 cm³/mol. The lowest BCUT2D eigenvalue weighted by molar-refractivity contribution is -0.126. The Kier molecular flexibility index (Phi) is 8.02. The van der Waals surface area contributed by atoms with E-state index in [1.54, 1.807) is 12.1 Å². The normalized spacial score (nSPS) is 10.1. The molecule has 3 amide bonds. The van der Waals surface area contributed by atoms with Crippen molar-refractivity contribution in [1.82, 2.24) is 16.2 Å². The maximum Gasteiger partial charge on any atom is 0.269 e. The number of carbonyl (C=O) groups excluding carboxylic acids is 3. The molecule has 0 unspecified atom stereocenters. The molecule has 0 heterocycles. The molecular formula is C21H26N4O3. The van der Waals surface area contributed by atoms with Crippen LogP contribution in [0.4, 0.5) is 5.69 Å². The third kappa shape index (κ3) is 6.42. The van der Waals surface area contributed by atoms with Crippen molar-refractivity contribution in [2.24, 2.45) is 0 Å². The largest absolute Gasteiger partial charge is 0.372 e. The van der Waals surface area contributed by atoms with Crippen LogP contribution in [0.15, 0.2) is 54.6 Å². The van der Waals surface area contributed by atoms with Gasteiger partial charge < -0.3 is 10.2 Å². The van der Waals surface area contributed by atoms with Crippen molar-refractivity contribution in [3.05, 3.63) is 65.7 Å². The lowest BCUT2D eigenvalue weighted by Gasteiger charge is -2.21. The van der Waals surface area contributed by atoms with Crippen LogP contribution in [0, 0.1) is 0 Å². The molecule has 0 aliphatic carbocycles. The van der Waals surface area contributed by atoms with Gasteiger partial charge in [0.05, 0.1) is 13.0 Å². The molecule has 0 radical (unpaired) electrons.